The predicted octanol–water partition coefficient (Wildman–Crippen LogP) is 3.02. The topological polar surface area (TPSA) is 70.7 Å². The average Bonchev–Trinajstić information content (AvgIpc) is 3.20. The lowest BCUT2D eigenvalue weighted by Crippen LogP contribution is -2.26. The van der Waals surface area contributed by atoms with Gasteiger partial charge in [0.25, 0.3) is 5.91 Å². The SMILES string of the molecule is C[C@@H](NC(=O)c1ccc[nH]1)c1nc(-c2ccncc2)cs1. The molecule has 21 heavy (non-hydrogen) atoms. The molecule has 3 aromatic rings. The molecule has 0 radical (unpaired) electrons. The molecule has 2 N–H and O–H groups in total. The lowest BCUT2D eigenvalue weighted by atomic mass is 10.2. The Kier molecular flexibility index (Phi) is 3.79. The third kappa shape index (κ3) is 3.00. The number of carbonyl (C=O) groups excluding carboxylic acids is 1. The molecule has 1 amide bonds. The van der Waals surface area contributed by atoms with Gasteiger partial charge in [-0.25, -0.2) is 4.98 Å². The van der Waals surface area contributed by atoms with Gasteiger partial charge in [0.1, 0.15) is 10.7 Å². The predicted molar refractivity (Wildman–Crippen MR) is 82.0 cm³/mol. The van der Waals surface area contributed by atoms with Crippen LogP contribution in [0.2, 0.25) is 0 Å². The van der Waals surface area contributed by atoms with Gasteiger partial charge in [-0.05, 0) is 31.2 Å². The molecule has 3 rings (SSSR count). The number of hydrogen-bond donors (Lipinski definition) is 2. The summed E-state index contributed by atoms with van der Waals surface area (Å²) in [6, 6.07) is 7.24. The molecule has 0 aliphatic carbocycles. The maximum atomic E-state index is 12.0. The van der Waals surface area contributed by atoms with Crippen LogP contribution in [0.15, 0.2) is 48.2 Å². The fourth-order valence-electron chi connectivity index (χ4n) is 1.95. The van der Waals surface area contributed by atoms with Crippen LogP contribution >= 0.6 is 11.3 Å². The van der Waals surface area contributed by atoms with Gasteiger partial charge in [0.2, 0.25) is 0 Å². The van der Waals surface area contributed by atoms with E-state index in [9.17, 15) is 4.79 Å². The van der Waals surface area contributed by atoms with Crippen molar-refractivity contribution in [2.45, 2.75) is 13.0 Å². The normalized spacial score (nSPS) is 12.0. The monoisotopic (exact) mass is 298 g/mol. The van der Waals surface area contributed by atoms with Crippen molar-refractivity contribution in [1.82, 2.24) is 20.3 Å². The Balaban J connectivity index is 1.73. The summed E-state index contributed by atoms with van der Waals surface area (Å²) >= 11 is 1.54. The highest BCUT2D eigenvalue weighted by Gasteiger charge is 2.15. The van der Waals surface area contributed by atoms with Gasteiger partial charge in [-0.3, -0.25) is 9.78 Å². The Morgan fingerprint density at radius 2 is 2.14 bits per heavy atom. The van der Waals surface area contributed by atoms with E-state index >= 15 is 0 Å². The van der Waals surface area contributed by atoms with Crippen LogP contribution in [0, 0.1) is 0 Å². The second-order valence-corrected chi connectivity index (χ2v) is 5.48. The standard InChI is InChI=1S/C15H14N4OS/c1-10(18-14(20)12-3-2-6-17-12)15-19-13(9-21-15)11-4-7-16-8-5-11/h2-10,17H,1H3,(H,18,20)/t10-/m1/s1. The number of H-pyrrole nitrogens is 1. The summed E-state index contributed by atoms with van der Waals surface area (Å²) in [5.41, 5.74) is 2.47. The number of pyridine rings is 1. The lowest BCUT2D eigenvalue weighted by molar-refractivity contribution is 0.0935. The molecule has 0 fully saturated rings. The van der Waals surface area contributed by atoms with E-state index in [0.717, 1.165) is 16.3 Å². The zero-order valence-corrected chi connectivity index (χ0v) is 12.2. The zero-order valence-electron chi connectivity index (χ0n) is 11.4. The van der Waals surface area contributed by atoms with E-state index in [1.54, 1.807) is 30.7 Å². The van der Waals surface area contributed by atoms with Gasteiger partial charge in [0.15, 0.2) is 0 Å². The fraction of sp³-hybridized carbons (Fsp3) is 0.133. The van der Waals surface area contributed by atoms with Gasteiger partial charge in [0.05, 0.1) is 11.7 Å². The van der Waals surface area contributed by atoms with Crippen molar-refractivity contribution in [2.75, 3.05) is 0 Å². The molecule has 0 aromatic carbocycles. The van der Waals surface area contributed by atoms with E-state index in [1.165, 1.54) is 11.3 Å². The molecule has 0 saturated heterocycles. The van der Waals surface area contributed by atoms with Crippen LogP contribution in [-0.4, -0.2) is 20.9 Å². The molecule has 0 bridgehead atoms. The first-order valence-corrected chi connectivity index (χ1v) is 7.42. The number of rotatable bonds is 4. The molecule has 3 heterocycles. The molecular weight excluding hydrogens is 284 g/mol. The van der Waals surface area contributed by atoms with Crippen LogP contribution in [0.1, 0.15) is 28.5 Å². The third-order valence-electron chi connectivity index (χ3n) is 3.06. The number of hydrogen-bond acceptors (Lipinski definition) is 4. The van der Waals surface area contributed by atoms with E-state index in [4.69, 9.17) is 0 Å². The summed E-state index contributed by atoms with van der Waals surface area (Å²) in [5.74, 6) is -0.131. The summed E-state index contributed by atoms with van der Waals surface area (Å²) in [6.45, 7) is 1.93. The van der Waals surface area contributed by atoms with Crippen molar-refractivity contribution in [3.8, 4) is 11.3 Å². The molecule has 6 heteroatoms. The maximum absolute atomic E-state index is 12.0. The van der Waals surface area contributed by atoms with Crippen LogP contribution in [0.5, 0.6) is 0 Å². The van der Waals surface area contributed by atoms with Crippen molar-refractivity contribution in [3.63, 3.8) is 0 Å². The Bertz CT molecular complexity index is 721. The molecule has 0 aliphatic heterocycles. The summed E-state index contributed by atoms with van der Waals surface area (Å²) in [6.07, 6.45) is 5.21. The molecule has 0 spiro atoms. The minimum atomic E-state index is -0.138. The fourth-order valence-corrected chi connectivity index (χ4v) is 2.78. The highest BCUT2D eigenvalue weighted by Crippen LogP contribution is 2.25. The van der Waals surface area contributed by atoms with Crippen LogP contribution in [0.3, 0.4) is 0 Å². The molecule has 3 aromatic heterocycles. The van der Waals surface area contributed by atoms with Crippen molar-refractivity contribution in [2.24, 2.45) is 0 Å². The van der Waals surface area contributed by atoms with Crippen molar-refractivity contribution in [3.05, 3.63) is 58.9 Å². The molecule has 5 nitrogen and oxygen atoms in total. The summed E-state index contributed by atoms with van der Waals surface area (Å²) in [7, 11) is 0. The van der Waals surface area contributed by atoms with Crippen molar-refractivity contribution >= 4 is 17.2 Å². The first-order valence-electron chi connectivity index (χ1n) is 6.54. The largest absolute Gasteiger partial charge is 0.357 e. The number of nitrogens with one attached hydrogen (secondary N) is 2. The lowest BCUT2D eigenvalue weighted by Gasteiger charge is -2.10. The number of amides is 1. The third-order valence-corrected chi connectivity index (χ3v) is 4.09. The molecule has 0 aliphatic rings. The smallest absolute Gasteiger partial charge is 0.268 e. The number of nitrogens with zero attached hydrogens (tertiary/aromatic N) is 2. The Labute approximate surface area is 126 Å². The van der Waals surface area contributed by atoms with E-state index in [1.807, 2.05) is 24.4 Å². The first kappa shape index (κ1) is 13.5. The molecular formula is C15H14N4OS. The second-order valence-electron chi connectivity index (χ2n) is 4.59. The number of thiazole rings is 1. The van der Waals surface area contributed by atoms with Gasteiger partial charge in [0, 0.05) is 29.5 Å². The summed E-state index contributed by atoms with van der Waals surface area (Å²) in [5, 5.41) is 5.79. The minimum Gasteiger partial charge on any atom is -0.357 e. The number of carbonyl (C=O) groups is 1. The van der Waals surface area contributed by atoms with Gasteiger partial charge in [-0.15, -0.1) is 11.3 Å². The Morgan fingerprint density at radius 3 is 2.86 bits per heavy atom. The Hall–Kier alpha value is -2.47. The molecule has 1 atom stereocenters. The second kappa shape index (κ2) is 5.88. The van der Waals surface area contributed by atoms with E-state index in [0.29, 0.717) is 5.69 Å². The van der Waals surface area contributed by atoms with Gasteiger partial charge < -0.3 is 10.3 Å². The molecule has 106 valence electrons. The summed E-state index contributed by atoms with van der Waals surface area (Å²) in [4.78, 5) is 23.5. The first-order chi connectivity index (χ1) is 10.2. The van der Waals surface area contributed by atoms with Crippen LogP contribution < -0.4 is 5.32 Å². The van der Waals surface area contributed by atoms with E-state index in [-0.39, 0.29) is 11.9 Å². The highest BCUT2D eigenvalue weighted by molar-refractivity contribution is 7.10. The van der Waals surface area contributed by atoms with Crippen LogP contribution in [0.4, 0.5) is 0 Å². The van der Waals surface area contributed by atoms with Crippen molar-refractivity contribution in [1.29, 1.82) is 0 Å². The van der Waals surface area contributed by atoms with E-state index < -0.39 is 0 Å². The zero-order chi connectivity index (χ0) is 14.7. The number of aromatic nitrogens is 3. The number of aromatic amines is 1. The molecule has 0 unspecified atom stereocenters. The van der Waals surface area contributed by atoms with E-state index in [2.05, 4.69) is 20.3 Å². The minimum absolute atomic E-state index is 0.131. The molecule has 0 saturated carbocycles. The highest BCUT2D eigenvalue weighted by atomic mass is 32.1. The van der Waals surface area contributed by atoms with Gasteiger partial charge in [-0.2, -0.15) is 0 Å². The van der Waals surface area contributed by atoms with Crippen LogP contribution in [0.25, 0.3) is 11.3 Å². The maximum Gasteiger partial charge on any atom is 0.268 e. The van der Waals surface area contributed by atoms with Gasteiger partial charge >= 0.3 is 0 Å². The summed E-state index contributed by atoms with van der Waals surface area (Å²) < 4.78 is 0. The van der Waals surface area contributed by atoms with Crippen molar-refractivity contribution < 1.29 is 4.79 Å². The van der Waals surface area contributed by atoms with Gasteiger partial charge in [-0.1, -0.05) is 0 Å². The Morgan fingerprint density at radius 1 is 1.33 bits per heavy atom. The van der Waals surface area contributed by atoms with Crippen LogP contribution in [-0.2, 0) is 0 Å². The average molecular weight is 298 g/mol. The quantitative estimate of drug-likeness (QED) is 0.777.